The van der Waals surface area contributed by atoms with Gasteiger partial charge in [0, 0.05) is 43.4 Å². The summed E-state index contributed by atoms with van der Waals surface area (Å²) < 4.78 is 17.5. The van der Waals surface area contributed by atoms with Gasteiger partial charge >= 0.3 is 5.97 Å². The summed E-state index contributed by atoms with van der Waals surface area (Å²) in [5.74, 6) is -0.705. The van der Waals surface area contributed by atoms with Crippen LogP contribution in [0.5, 0.6) is 5.75 Å². The van der Waals surface area contributed by atoms with Crippen LogP contribution in [0.2, 0.25) is 0 Å². The van der Waals surface area contributed by atoms with Gasteiger partial charge in [0.2, 0.25) is 5.91 Å². The van der Waals surface area contributed by atoms with E-state index in [-0.39, 0.29) is 30.7 Å². The second-order valence-electron chi connectivity index (χ2n) is 12.9. The largest absolute Gasteiger partial charge is 0.493 e. The first-order chi connectivity index (χ1) is 19.6. The lowest BCUT2D eigenvalue weighted by Gasteiger charge is -2.37. The highest BCUT2D eigenvalue weighted by Gasteiger charge is 2.50. The van der Waals surface area contributed by atoms with Crippen LogP contribution in [0.1, 0.15) is 69.9 Å². The first-order valence-electron chi connectivity index (χ1n) is 15.5. The average molecular weight is 574 g/mol. The Bertz CT molecular complexity index is 1020. The molecule has 2 saturated heterocycles. The zero-order valence-electron chi connectivity index (χ0n) is 25.8. The van der Waals surface area contributed by atoms with E-state index in [1.807, 2.05) is 17.0 Å². The summed E-state index contributed by atoms with van der Waals surface area (Å²) in [6.07, 6.45) is 4.99. The van der Waals surface area contributed by atoms with E-state index in [0.717, 1.165) is 68.6 Å². The van der Waals surface area contributed by atoms with Gasteiger partial charge in [-0.05, 0) is 63.5 Å². The normalized spacial score (nSPS) is 23.2. The molecule has 1 aromatic rings. The standard InChI is InChI=1S/C32H51N3O6/c1-6-7-14-34(15-9-8-13-33(4)5)28(36)22-35-21-25(23-10-11-27-24(19-23)12-16-39-27)29(30(37)38)26(35)20-32(2,3)31-40-17-18-41-31/h10-11,19,25-26,29,31H,6-9,12-18,20-22H2,1-5H3,(H,37,38). The van der Waals surface area contributed by atoms with Crippen molar-refractivity contribution in [2.45, 2.75) is 77.5 Å². The zero-order chi connectivity index (χ0) is 29.6. The molecule has 0 bridgehead atoms. The van der Waals surface area contributed by atoms with Crippen molar-refractivity contribution in [3.8, 4) is 5.75 Å². The van der Waals surface area contributed by atoms with Crippen LogP contribution in [0.4, 0.5) is 0 Å². The molecule has 3 aliphatic rings. The summed E-state index contributed by atoms with van der Waals surface area (Å²) in [6, 6.07) is 5.79. The van der Waals surface area contributed by atoms with E-state index in [9.17, 15) is 14.7 Å². The van der Waals surface area contributed by atoms with Crippen molar-refractivity contribution in [3.63, 3.8) is 0 Å². The van der Waals surface area contributed by atoms with E-state index in [1.165, 1.54) is 0 Å². The summed E-state index contributed by atoms with van der Waals surface area (Å²) in [6.45, 7) is 11.3. The van der Waals surface area contributed by atoms with Crippen LogP contribution in [0.25, 0.3) is 0 Å². The molecule has 230 valence electrons. The Kier molecular flexibility index (Phi) is 11.1. The van der Waals surface area contributed by atoms with Gasteiger partial charge < -0.3 is 29.1 Å². The molecule has 0 spiro atoms. The fourth-order valence-electron chi connectivity index (χ4n) is 6.68. The van der Waals surface area contributed by atoms with Crippen LogP contribution in [0.3, 0.4) is 0 Å². The number of benzene rings is 1. The molecule has 41 heavy (non-hydrogen) atoms. The minimum absolute atomic E-state index is 0.0895. The molecule has 1 N–H and O–H groups in total. The Morgan fingerprint density at radius 2 is 1.76 bits per heavy atom. The third-order valence-electron chi connectivity index (χ3n) is 8.93. The third-order valence-corrected chi connectivity index (χ3v) is 8.93. The van der Waals surface area contributed by atoms with Gasteiger partial charge in [-0.3, -0.25) is 14.5 Å². The van der Waals surface area contributed by atoms with Gasteiger partial charge in [0.15, 0.2) is 6.29 Å². The third kappa shape index (κ3) is 8.00. The fourth-order valence-corrected chi connectivity index (χ4v) is 6.68. The lowest BCUT2D eigenvalue weighted by molar-refractivity contribution is -0.148. The van der Waals surface area contributed by atoms with Crippen molar-refractivity contribution < 1.29 is 28.9 Å². The number of nitrogens with zero attached hydrogens (tertiary/aromatic N) is 3. The zero-order valence-corrected chi connectivity index (χ0v) is 25.8. The number of rotatable bonds is 15. The molecule has 9 heteroatoms. The number of amides is 1. The number of carboxylic acids is 1. The van der Waals surface area contributed by atoms with E-state index in [2.05, 4.69) is 50.7 Å². The first-order valence-corrected chi connectivity index (χ1v) is 15.5. The quantitative estimate of drug-likeness (QED) is 0.317. The Morgan fingerprint density at radius 1 is 1.05 bits per heavy atom. The first kappa shape index (κ1) is 31.7. The van der Waals surface area contributed by atoms with Gasteiger partial charge in [0.05, 0.1) is 32.3 Å². The highest BCUT2D eigenvalue weighted by atomic mass is 16.7. The minimum atomic E-state index is -0.817. The van der Waals surface area contributed by atoms with E-state index in [4.69, 9.17) is 14.2 Å². The topological polar surface area (TPSA) is 91.8 Å². The average Bonchev–Trinajstić information content (AvgIpc) is 3.68. The Balaban J connectivity index is 1.58. The number of hydrogen-bond acceptors (Lipinski definition) is 7. The maximum atomic E-state index is 13.8. The maximum absolute atomic E-state index is 13.8. The lowest BCUT2D eigenvalue weighted by Crippen LogP contribution is -2.47. The van der Waals surface area contributed by atoms with Crippen molar-refractivity contribution in [1.29, 1.82) is 0 Å². The smallest absolute Gasteiger partial charge is 0.308 e. The van der Waals surface area contributed by atoms with Gasteiger partial charge in [0.1, 0.15) is 5.75 Å². The van der Waals surface area contributed by atoms with E-state index in [1.54, 1.807) is 0 Å². The van der Waals surface area contributed by atoms with Crippen LogP contribution in [-0.2, 0) is 25.5 Å². The fraction of sp³-hybridized carbons (Fsp3) is 0.750. The molecule has 3 aliphatic heterocycles. The number of unbranched alkanes of at least 4 members (excludes halogenated alkanes) is 2. The van der Waals surface area contributed by atoms with Crippen LogP contribution in [0, 0.1) is 11.3 Å². The molecular weight excluding hydrogens is 522 g/mol. The number of hydrogen-bond donors (Lipinski definition) is 1. The second kappa shape index (κ2) is 14.3. The molecule has 1 aromatic carbocycles. The van der Waals surface area contributed by atoms with Gasteiger partial charge in [-0.15, -0.1) is 0 Å². The molecule has 0 radical (unpaired) electrons. The van der Waals surface area contributed by atoms with Crippen molar-refractivity contribution in [1.82, 2.24) is 14.7 Å². The van der Waals surface area contributed by atoms with Crippen LogP contribution < -0.4 is 4.74 Å². The molecule has 0 aliphatic carbocycles. The molecular formula is C32H51N3O6. The van der Waals surface area contributed by atoms with Gasteiger partial charge in [-0.2, -0.15) is 0 Å². The molecule has 4 rings (SSSR count). The molecule has 2 fully saturated rings. The summed E-state index contributed by atoms with van der Waals surface area (Å²) in [4.78, 5) is 33.1. The number of ether oxygens (including phenoxy) is 3. The summed E-state index contributed by atoms with van der Waals surface area (Å²) in [5, 5.41) is 10.6. The summed E-state index contributed by atoms with van der Waals surface area (Å²) in [5.41, 5.74) is 1.74. The Hall–Kier alpha value is -2.20. The molecule has 9 nitrogen and oxygen atoms in total. The lowest BCUT2D eigenvalue weighted by atomic mass is 9.77. The van der Waals surface area contributed by atoms with Gasteiger partial charge in [-0.1, -0.05) is 39.3 Å². The van der Waals surface area contributed by atoms with E-state index in [0.29, 0.717) is 32.8 Å². The number of likely N-dealkylation sites (tertiary alicyclic amines) is 1. The van der Waals surface area contributed by atoms with Crippen LogP contribution in [0.15, 0.2) is 18.2 Å². The van der Waals surface area contributed by atoms with Crippen molar-refractivity contribution in [3.05, 3.63) is 29.3 Å². The number of aliphatic carboxylic acids is 1. The molecule has 3 atom stereocenters. The SMILES string of the molecule is CCCCN(CCCCN(C)C)C(=O)CN1CC(c2ccc3c(c2)CCO3)C(C(=O)O)C1CC(C)(C)C1OCCO1. The van der Waals surface area contributed by atoms with Crippen molar-refractivity contribution >= 4 is 11.9 Å². The predicted octanol–water partition coefficient (Wildman–Crippen LogP) is 3.85. The number of carboxylic acid groups (broad SMARTS) is 1. The molecule has 0 saturated carbocycles. The van der Waals surface area contributed by atoms with E-state index < -0.39 is 17.3 Å². The minimum Gasteiger partial charge on any atom is -0.493 e. The molecule has 3 heterocycles. The second-order valence-corrected chi connectivity index (χ2v) is 12.9. The monoisotopic (exact) mass is 573 g/mol. The summed E-state index contributed by atoms with van der Waals surface area (Å²) >= 11 is 0. The molecule has 1 amide bonds. The van der Waals surface area contributed by atoms with Crippen LogP contribution >= 0.6 is 0 Å². The number of fused-ring (bicyclic) bond motifs is 1. The predicted molar refractivity (Wildman–Crippen MR) is 158 cm³/mol. The highest BCUT2D eigenvalue weighted by molar-refractivity contribution is 5.79. The molecule has 3 unspecified atom stereocenters. The Labute approximate surface area is 246 Å². The van der Waals surface area contributed by atoms with Gasteiger partial charge in [0.25, 0.3) is 0 Å². The van der Waals surface area contributed by atoms with Crippen molar-refractivity contribution in [2.75, 3.05) is 66.6 Å². The van der Waals surface area contributed by atoms with Crippen molar-refractivity contribution in [2.24, 2.45) is 11.3 Å². The molecule has 0 aromatic heterocycles. The Morgan fingerprint density at radius 3 is 2.44 bits per heavy atom. The summed E-state index contributed by atoms with van der Waals surface area (Å²) in [7, 11) is 4.14. The maximum Gasteiger partial charge on any atom is 0.308 e. The number of carbonyl (C=O) groups excluding carboxylic acids is 1. The van der Waals surface area contributed by atoms with Crippen LogP contribution in [-0.4, -0.2) is 111 Å². The van der Waals surface area contributed by atoms with Gasteiger partial charge in [-0.25, -0.2) is 0 Å². The number of carbonyl (C=O) groups is 2. The highest BCUT2D eigenvalue weighted by Crippen LogP contribution is 2.45. The van der Waals surface area contributed by atoms with E-state index >= 15 is 0 Å².